The zero-order valence-electron chi connectivity index (χ0n) is 16.7. The first-order chi connectivity index (χ1) is 14.1. The molecule has 0 spiro atoms. The van der Waals surface area contributed by atoms with E-state index < -0.39 is 0 Å². The Balaban J connectivity index is 1.76. The van der Waals surface area contributed by atoms with Gasteiger partial charge in [0.1, 0.15) is 0 Å². The Kier molecular flexibility index (Phi) is 5.27. The molecule has 1 N–H and O–H groups in total. The minimum atomic E-state index is -0.220. The highest BCUT2D eigenvalue weighted by Gasteiger charge is 2.15. The molecule has 0 radical (unpaired) electrons. The monoisotopic (exact) mass is 388 g/mol. The van der Waals surface area contributed by atoms with E-state index in [2.05, 4.69) is 29.0 Å². The largest absolute Gasteiger partial charge is 0.351 e. The molecule has 0 aliphatic rings. The number of likely N-dealkylation sites (N-methyl/N-ethyl adjacent to an activating group) is 1. The van der Waals surface area contributed by atoms with Crippen LogP contribution < -0.4 is 10.9 Å². The Morgan fingerprint density at radius 3 is 2.52 bits per heavy atom. The third-order valence-electron chi connectivity index (χ3n) is 5.36. The third kappa shape index (κ3) is 3.59. The molecule has 2 aromatic carbocycles. The van der Waals surface area contributed by atoms with Gasteiger partial charge >= 0.3 is 0 Å². The normalized spacial score (nSPS) is 11.6. The fraction of sp³-hybridized carbons (Fsp3) is 0.261. The van der Waals surface area contributed by atoms with E-state index >= 15 is 0 Å². The minimum Gasteiger partial charge on any atom is -0.351 e. The van der Waals surface area contributed by atoms with Crippen molar-refractivity contribution in [3.63, 3.8) is 0 Å². The minimum absolute atomic E-state index is 0.173. The Bertz CT molecular complexity index is 1260. The molecule has 0 saturated heterocycles. The summed E-state index contributed by atoms with van der Waals surface area (Å²) in [7, 11) is 0. The van der Waals surface area contributed by atoms with E-state index in [1.165, 1.54) is 4.40 Å². The van der Waals surface area contributed by atoms with Gasteiger partial charge in [0.15, 0.2) is 5.65 Å². The van der Waals surface area contributed by atoms with Crippen LogP contribution in [0.5, 0.6) is 0 Å². The first-order valence-electron chi connectivity index (χ1n) is 9.96. The number of hydrogen-bond acceptors (Lipinski definition) is 4. The number of carbonyl (C=O) groups excluding carboxylic acids is 1. The lowest BCUT2D eigenvalue weighted by molar-refractivity contribution is 0.0950. The predicted octanol–water partition coefficient (Wildman–Crippen LogP) is 3.07. The highest BCUT2D eigenvalue weighted by atomic mass is 16.2. The van der Waals surface area contributed by atoms with Crippen LogP contribution in [0.2, 0.25) is 0 Å². The smallest absolute Gasteiger partial charge is 0.265 e. The van der Waals surface area contributed by atoms with Crippen molar-refractivity contribution in [3.05, 3.63) is 70.6 Å². The Morgan fingerprint density at radius 1 is 1.07 bits per heavy atom. The summed E-state index contributed by atoms with van der Waals surface area (Å²) in [6.07, 6.45) is 1.66. The van der Waals surface area contributed by atoms with Gasteiger partial charge in [-0.1, -0.05) is 38.1 Å². The lowest BCUT2D eigenvalue weighted by Crippen LogP contribution is -2.35. The van der Waals surface area contributed by atoms with Crippen LogP contribution in [0, 0.1) is 0 Å². The summed E-state index contributed by atoms with van der Waals surface area (Å²) >= 11 is 0. The molecule has 0 aliphatic heterocycles. The van der Waals surface area contributed by atoms with E-state index in [9.17, 15) is 9.59 Å². The fourth-order valence-electron chi connectivity index (χ4n) is 3.65. The molecule has 2 heterocycles. The van der Waals surface area contributed by atoms with Crippen molar-refractivity contribution in [2.45, 2.75) is 13.8 Å². The van der Waals surface area contributed by atoms with Crippen molar-refractivity contribution in [2.24, 2.45) is 0 Å². The zero-order chi connectivity index (χ0) is 20.4. The Labute approximate surface area is 168 Å². The van der Waals surface area contributed by atoms with E-state index in [1.54, 1.807) is 18.3 Å². The number of nitrogens with zero attached hydrogens (tertiary/aromatic N) is 3. The molecule has 29 heavy (non-hydrogen) atoms. The van der Waals surface area contributed by atoms with E-state index in [0.29, 0.717) is 28.7 Å². The van der Waals surface area contributed by atoms with Gasteiger partial charge in [-0.05, 0) is 48.1 Å². The Hall–Kier alpha value is -3.25. The van der Waals surface area contributed by atoms with Crippen molar-refractivity contribution < 1.29 is 4.79 Å². The van der Waals surface area contributed by atoms with Crippen molar-refractivity contribution in [2.75, 3.05) is 26.2 Å². The molecule has 0 fully saturated rings. The third-order valence-corrected chi connectivity index (χ3v) is 5.36. The summed E-state index contributed by atoms with van der Waals surface area (Å²) in [5.41, 5.74) is 1.20. The summed E-state index contributed by atoms with van der Waals surface area (Å²) < 4.78 is 1.45. The fourth-order valence-corrected chi connectivity index (χ4v) is 3.65. The quantitative estimate of drug-likeness (QED) is 0.516. The lowest BCUT2D eigenvalue weighted by atomic mass is 10.1. The van der Waals surface area contributed by atoms with Gasteiger partial charge < -0.3 is 10.2 Å². The number of nitrogens with one attached hydrogen (secondary N) is 1. The van der Waals surface area contributed by atoms with Crippen LogP contribution in [0.1, 0.15) is 24.2 Å². The predicted molar refractivity (Wildman–Crippen MR) is 117 cm³/mol. The molecule has 4 aromatic rings. The number of carbonyl (C=O) groups is 1. The number of fused-ring (bicyclic) bond motifs is 3. The van der Waals surface area contributed by atoms with Gasteiger partial charge in [0.2, 0.25) is 0 Å². The van der Waals surface area contributed by atoms with E-state index in [-0.39, 0.29) is 11.5 Å². The zero-order valence-corrected chi connectivity index (χ0v) is 16.7. The number of rotatable bonds is 6. The van der Waals surface area contributed by atoms with Crippen molar-refractivity contribution >= 4 is 33.2 Å². The SMILES string of the molecule is CCN(CC)CCNC(=O)c1cccn2c(=O)c3cc4ccccc4cc3nc12. The second-order valence-corrected chi connectivity index (χ2v) is 7.03. The second-order valence-electron chi connectivity index (χ2n) is 7.03. The average molecular weight is 388 g/mol. The molecular formula is C23H24N4O2. The molecule has 2 aromatic heterocycles. The first kappa shape index (κ1) is 19.1. The summed E-state index contributed by atoms with van der Waals surface area (Å²) in [6.45, 7) is 7.41. The van der Waals surface area contributed by atoms with E-state index in [0.717, 1.165) is 30.4 Å². The Morgan fingerprint density at radius 2 is 1.79 bits per heavy atom. The van der Waals surface area contributed by atoms with Gasteiger partial charge in [-0.25, -0.2) is 4.98 Å². The number of benzene rings is 2. The van der Waals surface area contributed by atoms with Crippen LogP contribution in [-0.2, 0) is 0 Å². The summed E-state index contributed by atoms with van der Waals surface area (Å²) in [5, 5.41) is 5.49. The van der Waals surface area contributed by atoms with E-state index in [4.69, 9.17) is 0 Å². The molecule has 0 bridgehead atoms. The lowest BCUT2D eigenvalue weighted by Gasteiger charge is -2.18. The maximum Gasteiger partial charge on any atom is 0.265 e. The van der Waals surface area contributed by atoms with Gasteiger partial charge in [0, 0.05) is 19.3 Å². The maximum atomic E-state index is 13.1. The van der Waals surface area contributed by atoms with Crippen molar-refractivity contribution in [3.8, 4) is 0 Å². The summed E-state index contributed by atoms with van der Waals surface area (Å²) in [5.74, 6) is -0.220. The average Bonchev–Trinajstić information content (AvgIpc) is 2.75. The molecule has 0 unspecified atom stereocenters. The van der Waals surface area contributed by atoms with Crippen LogP contribution in [0.3, 0.4) is 0 Å². The highest BCUT2D eigenvalue weighted by Crippen LogP contribution is 2.20. The number of hydrogen-bond donors (Lipinski definition) is 1. The van der Waals surface area contributed by atoms with Crippen LogP contribution in [0.4, 0.5) is 0 Å². The van der Waals surface area contributed by atoms with Crippen molar-refractivity contribution in [1.29, 1.82) is 0 Å². The number of aromatic nitrogens is 2. The van der Waals surface area contributed by atoms with Gasteiger partial charge in [-0.15, -0.1) is 0 Å². The second kappa shape index (κ2) is 8.01. The molecule has 6 heteroatoms. The van der Waals surface area contributed by atoms with E-state index in [1.807, 2.05) is 36.4 Å². The molecule has 0 saturated carbocycles. The van der Waals surface area contributed by atoms with Gasteiger partial charge in [-0.2, -0.15) is 0 Å². The first-order valence-corrected chi connectivity index (χ1v) is 9.96. The number of amides is 1. The molecule has 6 nitrogen and oxygen atoms in total. The standard InChI is InChI=1S/C23H24N4O2/c1-3-26(4-2)13-11-24-22(28)18-10-7-12-27-21(18)25-20-15-17-9-6-5-8-16(17)14-19(20)23(27)29/h5-10,12,14-15H,3-4,11,13H2,1-2H3,(H,24,28). The molecule has 0 aliphatic carbocycles. The topological polar surface area (TPSA) is 66.7 Å². The molecule has 148 valence electrons. The van der Waals surface area contributed by atoms with Gasteiger partial charge in [0.05, 0.1) is 16.5 Å². The van der Waals surface area contributed by atoms with Crippen molar-refractivity contribution in [1.82, 2.24) is 19.6 Å². The number of pyridine rings is 1. The molecule has 4 rings (SSSR count). The highest BCUT2D eigenvalue weighted by molar-refractivity contribution is 6.02. The summed E-state index contributed by atoms with van der Waals surface area (Å²) in [4.78, 5) is 32.8. The van der Waals surface area contributed by atoms with Gasteiger partial charge in [0.25, 0.3) is 11.5 Å². The molecule has 0 atom stereocenters. The van der Waals surface area contributed by atoms with Crippen LogP contribution in [-0.4, -0.2) is 46.4 Å². The van der Waals surface area contributed by atoms with Gasteiger partial charge in [-0.3, -0.25) is 14.0 Å². The van der Waals surface area contributed by atoms with Crippen LogP contribution in [0.15, 0.2) is 59.5 Å². The van der Waals surface area contributed by atoms with Crippen LogP contribution in [0.25, 0.3) is 27.3 Å². The molecule has 1 amide bonds. The molecular weight excluding hydrogens is 364 g/mol. The van der Waals surface area contributed by atoms with Crippen LogP contribution >= 0.6 is 0 Å². The maximum absolute atomic E-state index is 13.1. The summed E-state index contributed by atoms with van der Waals surface area (Å²) in [6, 6.07) is 15.1.